The predicted molar refractivity (Wildman–Crippen MR) is 179 cm³/mol. The van der Waals surface area contributed by atoms with E-state index >= 15 is 4.79 Å². The Balaban J connectivity index is 1.36. The van der Waals surface area contributed by atoms with Crippen molar-refractivity contribution < 1.29 is 29.0 Å². The summed E-state index contributed by atoms with van der Waals surface area (Å²) in [6.45, 7) is 0. The minimum absolute atomic E-state index is 0.106. The molecule has 3 aromatic rings. The van der Waals surface area contributed by atoms with Crippen LogP contribution in [0.4, 0.5) is 5.69 Å². The van der Waals surface area contributed by atoms with Crippen molar-refractivity contribution in [3.8, 4) is 11.5 Å². The zero-order valence-corrected chi connectivity index (χ0v) is 27.4. The van der Waals surface area contributed by atoms with Crippen molar-refractivity contribution in [2.24, 2.45) is 23.7 Å². The van der Waals surface area contributed by atoms with Crippen LogP contribution >= 0.6 is 11.6 Å². The van der Waals surface area contributed by atoms with E-state index in [9.17, 15) is 19.5 Å². The molecule has 0 radical (unpaired) electrons. The van der Waals surface area contributed by atoms with E-state index in [1.807, 2.05) is 36.4 Å². The summed E-state index contributed by atoms with van der Waals surface area (Å²) in [6.07, 6.45) is 7.27. The van der Waals surface area contributed by atoms with Crippen molar-refractivity contribution in [1.29, 1.82) is 0 Å². The number of benzene rings is 3. The highest BCUT2D eigenvalue weighted by molar-refractivity contribution is 6.32. The number of likely N-dealkylation sites (tertiary alicyclic amines) is 1. The van der Waals surface area contributed by atoms with Gasteiger partial charge in [0.2, 0.25) is 23.6 Å². The lowest BCUT2D eigenvalue weighted by Gasteiger charge is -2.50. The van der Waals surface area contributed by atoms with E-state index in [0.29, 0.717) is 28.3 Å². The highest BCUT2D eigenvalue weighted by Gasteiger charge is 2.70. The molecule has 2 saturated heterocycles. The molecule has 3 aromatic carbocycles. The fourth-order valence-electron chi connectivity index (χ4n) is 9.75. The van der Waals surface area contributed by atoms with Gasteiger partial charge in [-0.3, -0.25) is 24.1 Å². The molecule has 246 valence electrons. The number of rotatable bonds is 5. The normalized spacial score (nSPS) is 30.2. The molecular formula is C39H37ClN2O6. The van der Waals surface area contributed by atoms with Gasteiger partial charge in [-0.1, -0.05) is 91.0 Å². The summed E-state index contributed by atoms with van der Waals surface area (Å²) < 4.78 is 5.54. The van der Waals surface area contributed by atoms with Crippen LogP contribution in [0.1, 0.15) is 62.0 Å². The van der Waals surface area contributed by atoms with Crippen LogP contribution in [-0.4, -0.2) is 46.8 Å². The Morgan fingerprint density at radius 1 is 0.854 bits per heavy atom. The van der Waals surface area contributed by atoms with E-state index in [2.05, 4.69) is 0 Å². The molecule has 1 N–H and O–H groups in total. The molecule has 0 unspecified atom stereocenters. The number of hydrogen-bond acceptors (Lipinski definition) is 6. The number of amides is 4. The van der Waals surface area contributed by atoms with Gasteiger partial charge in [-0.25, -0.2) is 4.90 Å². The Kier molecular flexibility index (Phi) is 7.47. The second-order valence-electron chi connectivity index (χ2n) is 13.8. The molecule has 9 heteroatoms. The molecule has 2 heterocycles. The lowest BCUT2D eigenvalue weighted by Crippen LogP contribution is -2.53. The van der Waals surface area contributed by atoms with E-state index in [1.165, 1.54) is 12.0 Å². The van der Waals surface area contributed by atoms with Gasteiger partial charge < -0.3 is 9.84 Å². The predicted octanol–water partition coefficient (Wildman–Crippen LogP) is 6.55. The average Bonchev–Trinajstić information content (AvgIpc) is 3.50. The molecule has 2 saturated carbocycles. The van der Waals surface area contributed by atoms with Crippen molar-refractivity contribution in [3.05, 3.63) is 101 Å². The third-order valence-corrected chi connectivity index (χ3v) is 11.9. The summed E-state index contributed by atoms with van der Waals surface area (Å²) in [5, 5.41) is 12.2. The summed E-state index contributed by atoms with van der Waals surface area (Å²) in [7, 11) is 1.47. The molecule has 6 atom stereocenters. The first-order valence-electron chi connectivity index (χ1n) is 16.9. The summed E-state index contributed by atoms with van der Waals surface area (Å²) in [5.41, 5.74) is 0.785. The van der Waals surface area contributed by atoms with Crippen LogP contribution in [0.2, 0.25) is 5.02 Å². The summed E-state index contributed by atoms with van der Waals surface area (Å²) in [6, 6.07) is 21.1. The maximum absolute atomic E-state index is 15.3. The first-order valence-corrected chi connectivity index (χ1v) is 17.3. The Hall–Kier alpha value is -4.43. The molecule has 0 spiro atoms. The molecule has 2 aliphatic heterocycles. The zero-order chi connectivity index (χ0) is 33.3. The highest BCUT2D eigenvalue weighted by Crippen LogP contribution is 2.65. The first-order chi connectivity index (χ1) is 23.3. The van der Waals surface area contributed by atoms with Gasteiger partial charge in [0.05, 0.1) is 36.0 Å². The number of phenolic OH excluding ortho intramolecular Hbond substituents is 1. The van der Waals surface area contributed by atoms with Crippen LogP contribution in [0, 0.1) is 23.7 Å². The molecular weight excluding hydrogens is 628 g/mol. The molecule has 48 heavy (non-hydrogen) atoms. The van der Waals surface area contributed by atoms with E-state index in [0.717, 1.165) is 37.7 Å². The topological polar surface area (TPSA) is 104 Å². The number of imide groups is 2. The van der Waals surface area contributed by atoms with E-state index < -0.39 is 40.9 Å². The quantitative estimate of drug-likeness (QED) is 0.245. The van der Waals surface area contributed by atoms with Gasteiger partial charge in [-0.15, -0.1) is 0 Å². The van der Waals surface area contributed by atoms with Crippen LogP contribution < -0.4 is 9.64 Å². The molecule has 4 fully saturated rings. The van der Waals surface area contributed by atoms with Crippen molar-refractivity contribution >= 4 is 40.9 Å². The fraction of sp³-hybridized carbons (Fsp3) is 0.385. The number of ether oxygens (including phenoxy) is 1. The summed E-state index contributed by atoms with van der Waals surface area (Å²) in [4.78, 5) is 61.4. The molecule has 0 bridgehead atoms. The number of para-hydroxylation sites is 1. The highest BCUT2D eigenvalue weighted by atomic mass is 35.5. The summed E-state index contributed by atoms with van der Waals surface area (Å²) >= 11 is 6.39. The monoisotopic (exact) mass is 664 g/mol. The maximum Gasteiger partial charge on any atom is 0.246 e. The summed E-state index contributed by atoms with van der Waals surface area (Å²) in [5.74, 6) is -4.36. The smallest absolute Gasteiger partial charge is 0.246 e. The van der Waals surface area contributed by atoms with Gasteiger partial charge in [0.15, 0.2) is 11.5 Å². The lowest BCUT2D eigenvalue weighted by atomic mass is 9.49. The number of methoxy groups -OCH3 is 1. The Morgan fingerprint density at radius 2 is 1.60 bits per heavy atom. The maximum atomic E-state index is 15.3. The Bertz CT molecular complexity index is 1870. The number of anilines is 1. The number of hydrogen-bond donors (Lipinski definition) is 1. The third-order valence-electron chi connectivity index (χ3n) is 11.7. The second kappa shape index (κ2) is 11.6. The van der Waals surface area contributed by atoms with Crippen LogP contribution in [-0.2, 0) is 24.6 Å². The van der Waals surface area contributed by atoms with E-state index in [-0.39, 0.29) is 41.7 Å². The fourth-order valence-corrected chi connectivity index (χ4v) is 9.93. The third kappa shape index (κ3) is 4.27. The van der Waals surface area contributed by atoms with Crippen LogP contribution in [0.15, 0.2) is 84.4 Å². The number of allylic oxidation sites excluding steroid dienone is 2. The molecule has 5 aliphatic rings. The van der Waals surface area contributed by atoms with Gasteiger partial charge in [0.1, 0.15) is 0 Å². The number of fused-ring (bicyclic) bond motifs is 4. The van der Waals surface area contributed by atoms with E-state index in [4.69, 9.17) is 16.3 Å². The molecule has 8 rings (SSSR count). The molecule has 0 aromatic heterocycles. The zero-order valence-electron chi connectivity index (χ0n) is 26.7. The largest absolute Gasteiger partial charge is 0.504 e. The number of carbonyl (C=O) groups excluding carboxylic acids is 4. The standard InChI is InChI=1S/C39H37ClN2O6/c1-48-31-17-9-16-28(34(31)43)33-26-18-19-27-32(37(46)41(35(27)44)24-13-6-3-7-14-24)29(26)21-30-36(45)42(25-15-8-12-23(40)20-25)38(47)39(30,33)22-10-4-2-5-11-22/h2,4-5,8-12,15-18,20,24,27,29-30,32-33,43H,3,6-7,13-14,19,21H2,1H3/t27-,29+,30-,32-,33+,39+/m0/s1. The van der Waals surface area contributed by atoms with Crippen molar-refractivity contribution in [2.75, 3.05) is 12.0 Å². The molecule has 3 aliphatic carbocycles. The van der Waals surface area contributed by atoms with Crippen molar-refractivity contribution in [2.45, 2.75) is 62.3 Å². The first kappa shape index (κ1) is 30.9. The Labute approximate surface area is 284 Å². The van der Waals surface area contributed by atoms with Crippen LogP contribution in [0.25, 0.3) is 0 Å². The van der Waals surface area contributed by atoms with Crippen LogP contribution in [0.3, 0.4) is 0 Å². The molecule has 4 amide bonds. The second-order valence-corrected chi connectivity index (χ2v) is 14.3. The van der Waals surface area contributed by atoms with Gasteiger partial charge in [0.25, 0.3) is 0 Å². The van der Waals surface area contributed by atoms with Gasteiger partial charge in [-0.2, -0.15) is 0 Å². The number of carbonyl (C=O) groups is 4. The van der Waals surface area contributed by atoms with Gasteiger partial charge in [-0.05, 0) is 61.4 Å². The number of aromatic hydroxyl groups is 1. The number of nitrogens with zero attached hydrogens (tertiary/aromatic N) is 2. The Morgan fingerprint density at radius 3 is 2.33 bits per heavy atom. The average molecular weight is 665 g/mol. The van der Waals surface area contributed by atoms with Gasteiger partial charge in [0, 0.05) is 22.5 Å². The van der Waals surface area contributed by atoms with Crippen LogP contribution in [0.5, 0.6) is 11.5 Å². The SMILES string of the molecule is COc1cccc([C@H]2C3=CC[C@@H]4C(=O)N(C5CCCCC5)C(=O)[C@@H]4[C@@H]3C[C@H]3C(=O)N(c4cccc(Cl)c4)C(=O)[C@@]23c2ccccc2)c1O. The minimum Gasteiger partial charge on any atom is -0.504 e. The molecule has 8 nitrogen and oxygen atoms in total. The minimum atomic E-state index is -1.46. The number of phenols is 1. The van der Waals surface area contributed by atoms with Crippen molar-refractivity contribution in [1.82, 2.24) is 4.90 Å². The van der Waals surface area contributed by atoms with Crippen molar-refractivity contribution in [3.63, 3.8) is 0 Å². The lowest BCUT2D eigenvalue weighted by molar-refractivity contribution is -0.143. The van der Waals surface area contributed by atoms with Gasteiger partial charge >= 0.3 is 0 Å². The number of halogens is 1. The van der Waals surface area contributed by atoms with E-state index in [1.54, 1.807) is 47.4 Å².